The van der Waals surface area contributed by atoms with Crippen molar-refractivity contribution >= 4 is 5.97 Å². The molecule has 4 fully saturated rings. The van der Waals surface area contributed by atoms with Gasteiger partial charge in [-0.05, 0) is 104 Å². The van der Waals surface area contributed by atoms with Crippen molar-refractivity contribution in [2.45, 2.75) is 104 Å². The molecule has 4 aliphatic carbocycles. The minimum atomic E-state index is -0.709. The van der Waals surface area contributed by atoms with Gasteiger partial charge in [-0.1, -0.05) is 27.7 Å². The number of rotatable bonds is 5. The topological polar surface area (TPSA) is 98.0 Å². The van der Waals surface area contributed by atoms with E-state index in [1.165, 1.54) is 0 Å². The quantitative estimate of drug-likeness (QED) is 0.520. The molecular formula is C26H44O5. The Kier molecular flexibility index (Phi) is 6.28. The molecule has 4 saturated carbocycles. The van der Waals surface area contributed by atoms with Crippen molar-refractivity contribution in [2.75, 3.05) is 0 Å². The van der Waals surface area contributed by atoms with E-state index in [4.69, 9.17) is 0 Å². The van der Waals surface area contributed by atoms with E-state index in [9.17, 15) is 25.2 Å². The molecule has 0 aromatic rings. The highest BCUT2D eigenvalue weighted by Gasteiger charge is 2.65. The maximum Gasteiger partial charge on any atom is 0.306 e. The van der Waals surface area contributed by atoms with Gasteiger partial charge in [-0.3, -0.25) is 4.79 Å². The molecule has 0 saturated heterocycles. The van der Waals surface area contributed by atoms with Gasteiger partial charge in [-0.25, -0.2) is 0 Å². The third-order valence-electron chi connectivity index (χ3n) is 11.0. The Bertz CT molecular complexity index is 681. The van der Waals surface area contributed by atoms with Gasteiger partial charge in [0.2, 0.25) is 0 Å². The van der Waals surface area contributed by atoms with Gasteiger partial charge in [0.1, 0.15) is 0 Å². The molecule has 0 spiro atoms. The van der Waals surface area contributed by atoms with Gasteiger partial charge in [0.15, 0.2) is 0 Å². The lowest BCUT2D eigenvalue weighted by molar-refractivity contribution is -0.207. The zero-order valence-corrected chi connectivity index (χ0v) is 19.8. The second-order valence-electron chi connectivity index (χ2n) is 12.2. The zero-order chi connectivity index (χ0) is 22.7. The van der Waals surface area contributed by atoms with Crippen LogP contribution in [0.4, 0.5) is 0 Å². The summed E-state index contributed by atoms with van der Waals surface area (Å²) in [5, 5.41) is 42.7. The number of carboxylic acids is 1. The second kappa shape index (κ2) is 8.29. The van der Waals surface area contributed by atoms with Crippen molar-refractivity contribution in [3.8, 4) is 0 Å². The molecule has 4 N–H and O–H groups in total. The monoisotopic (exact) mass is 436 g/mol. The molecule has 0 heterocycles. The SMILES string of the molecule is CCC(C[C@@H](C)[C@H]1CC[C@H]2[C@@H]3[C@H](O)C[C@@H]4C[C@H](O)CC[C@]4(C)[C@H]3C[C@H](O)[C@]12C)C(=O)O. The fourth-order valence-corrected chi connectivity index (χ4v) is 9.19. The van der Waals surface area contributed by atoms with Crippen LogP contribution in [0.3, 0.4) is 0 Å². The molecule has 0 aromatic carbocycles. The van der Waals surface area contributed by atoms with Crippen LogP contribution in [-0.2, 0) is 4.79 Å². The number of fused-ring (bicyclic) bond motifs is 5. The number of carboxylic acid groups (broad SMARTS) is 1. The first-order valence-corrected chi connectivity index (χ1v) is 12.8. The van der Waals surface area contributed by atoms with Crippen LogP contribution >= 0.6 is 0 Å². The Morgan fingerprint density at radius 3 is 2.39 bits per heavy atom. The van der Waals surface area contributed by atoms with Crippen LogP contribution in [0.2, 0.25) is 0 Å². The fraction of sp³-hybridized carbons (Fsp3) is 0.962. The van der Waals surface area contributed by atoms with E-state index in [1.807, 2.05) is 6.92 Å². The van der Waals surface area contributed by atoms with E-state index < -0.39 is 12.1 Å². The molecule has 1 unspecified atom stereocenters. The number of hydrogen-bond donors (Lipinski definition) is 4. The molecule has 0 amide bonds. The highest BCUT2D eigenvalue weighted by atomic mass is 16.4. The van der Waals surface area contributed by atoms with E-state index in [0.29, 0.717) is 36.5 Å². The summed E-state index contributed by atoms with van der Waals surface area (Å²) in [5.41, 5.74) is -0.165. The van der Waals surface area contributed by atoms with Crippen molar-refractivity contribution in [1.29, 1.82) is 0 Å². The van der Waals surface area contributed by atoms with Crippen molar-refractivity contribution < 1.29 is 25.2 Å². The molecule has 4 rings (SSSR count). The summed E-state index contributed by atoms with van der Waals surface area (Å²) < 4.78 is 0. The van der Waals surface area contributed by atoms with Crippen LogP contribution < -0.4 is 0 Å². The molecule has 178 valence electrons. The molecular weight excluding hydrogens is 392 g/mol. The third kappa shape index (κ3) is 3.58. The molecule has 5 nitrogen and oxygen atoms in total. The van der Waals surface area contributed by atoms with E-state index in [-0.39, 0.29) is 40.8 Å². The lowest BCUT2D eigenvalue weighted by atomic mass is 9.43. The number of carbonyl (C=O) groups is 1. The Hall–Kier alpha value is -0.650. The summed E-state index contributed by atoms with van der Waals surface area (Å²) in [6.07, 6.45) is 6.43. The summed E-state index contributed by atoms with van der Waals surface area (Å²) in [6, 6.07) is 0. The van der Waals surface area contributed by atoms with Gasteiger partial charge in [0.25, 0.3) is 0 Å². The van der Waals surface area contributed by atoms with Gasteiger partial charge in [-0.2, -0.15) is 0 Å². The normalized spacial score (nSPS) is 51.3. The predicted molar refractivity (Wildman–Crippen MR) is 119 cm³/mol. The highest BCUT2D eigenvalue weighted by Crippen LogP contribution is 2.68. The van der Waals surface area contributed by atoms with Crippen LogP contribution in [0.5, 0.6) is 0 Å². The van der Waals surface area contributed by atoms with Crippen molar-refractivity contribution in [3.63, 3.8) is 0 Å². The van der Waals surface area contributed by atoms with Crippen LogP contribution in [0, 0.1) is 52.3 Å². The summed E-state index contributed by atoms with van der Waals surface area (Å²) >= 11 is 0. The number of aliphatic hydroxyl groups excluding tert-OH is 3. The summed E-state index contributed by atoms with van der Waals surface area (Å²) in [4.78, 5) is 11.6. The first kappa shape index (κ1) is 23.5. The average molecular weight is 437 g/mol. The maximum atomic E-state index is 11.6. The van der Waals surface area contributed by atoms with Gasteiger partial charge < -0.3 is 20.4 Å². The first-order valence-electron chi connectivity index (χ1n) is 12.8. The Balaban J connectivity index is 1.60. The standard InChI is InChI=1S/C26H44O5/c1-5-15(24(30)31)10-14(2)18-6-7-19-23-20(13-22(29)26(18,19)4)25(3)9-8-17(27)11-16(25)12-21(23)28/h14-23,27-29H,5-13H2,1-4H3,(H,30,31)/t14-,15?,16+,17-,18-,19+,20+,21-,22+,23+,25+,26-/m1/s1. The summed E-state index contributed by atoms with van der Waals surface area (Å²) in [7, 11) is 0. The summed E-state index contributed by atoms with van der Waals surface area (Å²) in [6.45, 7) is 8.72. The molecule has 5 heteroatoms. The molecule has 0 bridgehead atoms. The minimum Gasteiger partial charge on any atom is -0.481 e. The van der Waals surface area contributed by atoms with Crippen LogP contribution in [0.1, 0.15) is 85.5 Å². The van der Waals surface area contributed by atoms with E-state index in [1.54, 1.807) is 0 Å². The van der Waals surface area contributed by atoms with E-state index in [0.717, 1.165) is 44.9 Å². The first-order chi connectivity index (χ1) is 14.5. The smallest absolute Gasteiger partial charge is 0.306 e. The maximum absolute atomic E-state index is 11.6. The van der Waals surface area contributed by atoms with Crippen molar-refractivity contribution in [1.82, 2.24) is 0 Å². The largest absolute Gasteiger partial charge is 0.481 e. The third-order valence-corrected chi connectivity index (χ3v) is 11.0. The fourth-order valence-electron chi connectivity index (χ4n) is 9.19. The van der Waals surface area contributed by atoms with Gasteiger partial charge in [0.05, 0.1) is 24.2 Å². The number of aliphatic carboxylic acids is 1. The number of hydrogen-bond acceptors (Lipinski definition) is 4. The molecule has 31 heavy (non-hydrogen) atoms. The van der Waals surface area contributed by atoms with Crippen LogP contribution in [0.25, 0.3) is 0 Å². The van der Waals surface area contributed by atoms with Gasteiger partial charge in [-0.15, -0.1) is 0 Å². The van der Waals surface area contributed by atoms with Gasteiger partial charge in [0, 0.05) is 0 Å². The molecule has 0 aliphatic heterocycles. The minimum absolute atomic E-state index is 0.0890. The Morgan fingerprint density at radius 2 is 1.74 bits per heavy atom. The lowest BCUT2D eigenvalue weighted by Gasteiger charge is -2.63. The van der Waals surface area contributed by atoms with Gasteiger partial charge >= 0.3 is 5.97 Å². The molecule has 12 atom stereocenters. The molecule has 0 aromatic heterocycles. The Labute approximate surface area is 187 Å². The zero-order valence-electron chi connectivity index (χ0n) is 19.8. The van der Waals surface area contributed by atoms with E-state index in [2.05, 4.69) is 20.8 Å². The van der Waals surface area contributed by atoms with Crippen LogP contribution in [-0.4, -0.2) is 44.7 Å². The highest BCUT2D eigenvalue weighted by molar-refractivity contribution is 5.69. The van der Waals surface area contributed by atoms with Crippen molar-refractivity contribution in [3.05, 3.63) is 0 Å². The van der Waals surface area contributed by atoms with E-state index >= 15 is 0 Å². The van der Waals surface area contributed by atoms with Crippen LogP contribution in [0.15, 0.2) is 0 Å². The number of aliphatic hydroxyl groups is 3. The lowest BCUT2D eigenvalue weighted by Crippen LogP contribution is -2.62. The molecule has 4 aliphatic rings. The second-order valence-corrected chi connectivity index (χ2v) is 12.2. The summed E-state index contributed by atoms with van der Waals surface area (Å²) in [5.74, 6) is 0.657. The molecule has 0 radical (unpaired) electrons. The average Bonchev–Trinajstić information content (AvgIpc) is 3.06. The van der Waals surface area contributed by atoms with Crippen molar-refractivity contribution in [2.24, 2.45) is 52.3 Å². The predicted octanol–water partition coefficient (Wildman–Crippen LogP) is 4.08. The Morgan fingerprint density at radius 1 is 1.03 bits per heavy atom.